The van der Waals surface area contributed by atoms with Crippen LogP contribution in [0.3, 0.4) is 0 Å². The Balaban J connectivity index is 4.20. The number of nitrogens with one attached hydrogen (secondary N) is 2. The lowest BCUT2D eigenvalue weighted by molar-refractivity contribution is -0.143. The molecule has 0 aromatic heterocycles. The minimum atomic E-state index is -1.23. The third-order valence-corrected chi connectivity index (χ3v) is 1.05. The number of imide groups is 2. The second-order valence-electron chi connectivity index (χ2n) is 2.04. The molecule has 0 bridgehead atoms. The Kier molecular flexibility index (Phi) is 4.55. The van der Waals surface area contributed by atoms with Crippen molar-refractivity contribution in [2.45, 2.75) is 0 Å². The molecule has 6 nitrogen and oxygen atoms in total. The summed E-state index contributed by atoms with van der Waals surface area (Å²) in [6.07, 6.45) is 1.64. The van der Waals surface area contributed by atoms with Crippen LogP contribution < -0.4 is 10.6 Å². The fraction of sp³-hybridized carbons (Fsp3) is 0. The first-order chi connectivity index (χ1) is 6.51. The maximum atomic E-state index is 10.8. The molecule has 0 saturated carbocycles. The van der Waals surface area contributed by atoms with Gasteiger partial charge in [0.1, 0.15) is 0 Å². The molecule has 0 heterocycles. The molecule has 0 saturated heterocycles. The van der Waals surface area contributed by atoms with Crippen molar-refractivity contribution in [2.24, 2.45) is 0 Å². The van der Waals surface area contributed by atoms with E-state index in [9.17, 15) is 19.2 Å². The number of carbonyl (C=O) groups excluding carboxylic acids is 4. The average molecular weight is 196 g/mol. The molecule has 0 aliphatic rings. The highest BCUT2D eigenvalue weighted by atomic mass is 16.2. The molecule has 2 N–H and O–H groups in total. The molecule has 6 heteroatoms. The summed E-state index contributed by atoms with van der Waals surface area (Å²) >= 11 is 0. The van der Waals surface area contributed by atoms with Crippen molar-refractivity contribution in [1.82, 2.24) is 10.6 Å². The molecule has 0 fully saturated rings. The first kappa shape index (κ1) is 11.8. The van der Waals surface area contributed by atoms with Gasteiger partial charge in [0, 0.05) is 0 Å². The van der Waals surface area contributed by atoms with Gasteiger partial charge in [-0.1, -0.05) is 13.2 Å². The van der Waals surface area contributed by atoms with Gasteiger partial charge < -0.3 is 0 Å². The highest BCUT2D eigenvalue weighted by Crippen LogP contribution is 1.73. The van der Waals surface area contributed by atoms with E-state index in [4.69, 9.17) is 0 Å². The first-order valence-corrected chi connectivity index (χ1v) is 3.46. The van der Waals surface area contributed by atoms with Crippen molar-refractivity contribution >= 4 is 23.6 Å². The number of amides is 4. The van der Waals surface area contributed by atoms with E-state index >= 15 is 0 Å². The predicted molar refractivity (Wildman–Crippen MR) is 46.7 cm³/mol. The molecule has 0 radical (unpaired) electrons. The van der Waals surface area contributed by atoms with Gasteiger partial charge in [0.2, 0.25) is 11.8 Å². The van der Waals surface area contributed by atoms with Gasteiger partial charge in [0.15, 0.2) is 0 Å². The molecule has 0 aromatic rings. The lowest BCUT2D eigenvalue weighted by atomic mass is 10.4. The minimum absolute atomic E-state index is 0.820. The van der Waals surface area contributed by atoms with Gasteiger partial charge in [-0.15, -0.1) is 0 Å². The Labute approximate surface area is 79.7 Å². The molecule has 0 aromatic carbocycles. The second kappa shape index (κ2) is 5.41. The van der Waals surface area contributed by atoms with Crippen LogP contribution in [0, 0.1) is 0 Å². The summed E-state index contributed by atoms with van der Waals surface area (Å²) < 4.78 is 0. The Morgan fingerprint density at radius 2 is 1.07 bits per heavy atom. The predicted octanol–water partition coefficient (Wildman–Crippen LogP) is -1.36. The molecule has 0 rings (SSSR count). The smallest absolute Gasteiger partial charge is 0.284 e. The Morgan fingerprint density at radius 3 is 1.29 bits per heavy atom. The molecular formula is C8H8N2O4. The third-order valence-electron chi connectivity index (χ3n) is 1.05. The zero-order valence-electron chi connectivity index (χ0n) is 7.20. The van der Waals surface area contributed by atoms with E-state index in [2.05, 4.69) is 13.2 Å². The average Bonchev–Trinajstić information content (AvgIpc) is 2.17. The van der Waals surface area contributed by atoms with E-state index in [1.165, 1.54) is 0 Å². The number of hydrogen-bond acceptors (Lipinski definition) is 4. The van der Waals surface area contributed by atoms with E-state index in [-0.39, 0.29) is 0 Å². The van der Waals surface area contributed by atoms with E-state index < -0.39 is 23.6 Å². The van der Waals surface area contributed by atoms with Gasteiger partial charge >= 0.3 is 11.8 Å². The molecule has 0 aliphatic carbocycles. The standard InChI is InChI=1S/C8H8N2O4/c1-3-5(11)9-7(13)8(14)10-6(12)4-2/h3-4H,1-2H2,(H,9,11,13)(H,10,12,14). The SMILES string of the molecule is C=CC(=O)NC(=O)C(=O)NC(=O)C=C. The second-order valence-corrected chi connectivity index (χ2v) is 2.04. The van der Waals surface area contributed by atoms with Crippen LogP contribution in [-0.4, -0.2) is 23.6 Å². The van der Waals surface area contributed by atoms with Crippen LogP contribution in [-0.2, 0) is 19.2 Å². The van der Waals surface area contributed by atoms with Crippen LogP contribution in [0.5, 0.6) is 0 Å². The van der Waals surface area contributed by atoms with Crippen LogP contribution in [0.15, 0.2) is 25.3 Å². The van der Waals surface area contributed by atoms with Gasteiger partial charge in [0.25, 0.3) is 0 Å². The van der Waals surface area contributed by atoms with Crippen LogP contribution in [0.25, 0.3) is 0 Å². The molecule has 74 valence electrons. The summed E-state index contributed by atoms with van der Waals surface area (Å²) in [7, 11) is 0. The largest absolute Gasteiger partial charge is 0.316 e. The van der Waals surface area contributed by atoms with Crippen LogP contribution >= 0.6 is 0 Å². The highest BCUT2D eigenvalue weighted by molar-refractivity contribution is 6.40. The van der Waals surface area contributed by atoms with Crippen LogP contribution in [0.2, 0.25) is 0 Å². The fourth-order valence-electron chi connectivity index (χ4n) is 0.439. The normalized spacial score (nSPS) is 8.29. The van der Waals surface area contributed by atoms with Crippen molar-refractivity contribution in [3.05, 3.63) is 25.3 Å². The van der Waals surface area contributed by atoms with E-state index in [0.29, 0.717) is 0 Å². The van der Waals surface area contributed by atoms with Gasteiger partial charge in [-0.2, -0.15) is 0 Å². The van der Waals surface area contributed by atoms with Crippen molar-refractivity contribution in [1.29, 1.82) is 0 Å². The third kappa shape index (κ3) is 3.96. The molecule has 0 spiro atoms. The molecule has 0 atom stereocenters. The van der Waals surface area contributed by atoms with E-state index in [1.54, 1.807) is 10.6 Å². The van der Waals surface area contributed by atoms with Gasteiger partial charge in [0.05, 0.1) is 0 Å². The number of hydrogen-bond donors (Lipinski definition) is 2. The van der Waals surface area contributed by atoms with Crippen molar-refractivity contribution in [3.8, 4) is 0 Å². The molecule has 0 unspecified atom stereocenters. The maximum absolute atomic E-state index is 10.8. The Morgan fingerprint density at radius 1 is 0.786 bits per heavy atom. The molecular weight excluding hydrogens is 188 g/mol. The monoisotopic (exact) mass is 196 g/mol. The quantitative estimate of drug-likeness (QED) is 0.421. The molecule has 0 aliphatic heterocycles. The van der Waals surface area contributed by atoms with E-state index in [1.807, 2.05) is 0 Å². The lowest BCUT2D eigenvalue weighted by Crippen LogP contribution is -2.43. The van der Waals surface area contributed by atoms with Gasteiger partial charge in [-0.3, -0.25) is 29.8 Å². The summed E-state index contributed by atoms with van der Waals surface area (Å²) in [5.41, 5.74) is 0. The summed E-state index contributed by atoms with van der Waals surface area (Å²) in [5, 5.41) is 3.33. The van der Waals surface area contributed by atoms with Crippen LogP contribution in [0.1, 0.15) is 0 Å². The summed E-state index contributed by atoms with van der Waals surface area (Å²) in [6, 6.07) is 0. The first-order valence-electron chi connectivity index (χ1n) is 3.46. The summed E-state index contributed by atoms with van der Waals surface area (Å²) in [4.78, 5) is 42.7. The lowest BCUT2D eigenvalue weighted by Gasteiger charge is -1.99. The van der Waals surface area contributed by atoms with Crippen LogP contribution in [0.4, 0.5) is 0 Å². The van der Waals surface area contributed by atoms with E-state index in [0.717, 1.165) is 12.2 Å². The molecule has 4 amide bonds. The fourth-order valence-corrected chi connectivity index (χ4v) is 0.439. The zero-order valence-corrected chi connectivity index (χ0v) is 7.20. The number of rotatable bonds is 2. The Hall–Kier alpha value is -2.24. The topological polar surface area (TPSA) is 92.3 Å². The molecule has 14 heavy (non-hydrogen) atoms. The van der Waals surface area contributed by atoms with Gasteiger partial charge in [-0.05, 0) is 12.2 Å². The highest BCUT2D eigenvalue weighted by Gasteiger charge is 2.16. The van der Waals surface area contributed by atoms with Crippen molar-refractivity contribution in [3.63, 3.8) is 0 Å². The maximum Gasteiger partial charge on any atom is 0.316 e. The summed E-state index contributed by atoms with van der Waals surface area (Å²) in [6.45, 7) is 6.14. The van der Waals surface area contributed by atoms with Crippen molar-refractivity contribution in [2.75, 3.05) is 0 Å². The summed E-state index contributed by atoms with van der Waals surface area (Å²) in [5.74, 6) is -4.11. The number of carbonyl (C=O) groups is 4. The minimum Gasteiger partial charge on any atom is -0.284 e. The zero-order chi connectivity index (χ0) is 11.1. The van der Waals surface area contributed by atoms with Gasteiger partial charge in [-0.25, -0.2) is 0 Å². The van der Waals surface area contributed by atoms with Crippen molar-refractivity contribution < 1.29 is 19.2 Å². The Bertz CT molecular complexity index is 287.